The van der Waals surface area contributed by atoms with E-state index in [0.717, 1.165) is 12.8 Å². The standard InChI is InChI=1S/C12H13ClN2O2S/c13-7-1-4-9(12(14)18)10(5-7)17-6-11(16)15-8-2-3-8/h1,4-5,8H,2-3,6H2,(H2,14,18)(H,15,16). The van der Waals surface area contributed by atoms with E-state index in [1.165, 1.54) is 0 Å². The molecule has 4 nitrogen and oxygen atoms in total. The minimum atomic E-state index is -0.147. The average Bonchev–Trinajstić information content (AvgIpc) is 3.10. The van der Waals surface area contributed by atoms with E-state index in [9.17, 15) is 4.79 Å². The number of carbonyl (C=O) groups excluding carboxylic acids is 1. The lowest BCUT2D eigenvalue weighted by Gasteiger charge is -2.11. The molecule has 1 aromatic carbocycles. The minimum Gasteiger partial charge on any atom is -0.483 e. The van der Waals surface area contributed by atoms with Crippen molar-refractivity contribution in [1.82, 2.24) is 5.32 Å². The van der Waals surface area contributed by atoms with Gasteiger partial charge in [0.1, 0.15) is 10.7 Å². The highest BCUT2D eigenvalue weighted by Crippen LogP contribution is 2.23. The molecule has 1 aliphatic carbocycles. The number of halogens is 1. The van der Waals surface area contributed by atoms with Gasteiger partial charge in [-0.25, -0.2) is 0 Å². The molecular formula is C12H13ClN2O2S. The van der Waals surface area contributed by atoms with Gasteiger partial charge in [-0.1, -0.05) is 23.8 Å². The molecule has 2 rings (SSSR count). The molecule has 1 aliphatic rings. The van der Waals surface area contributed by atoms with Crippen molar-refractivity contribution >= 4 is 34.7 Å². The molecule has 0 spiro atoms. The molecule has 0 aliphatic heterocycles. The Morgan fingerprint density at radius 1 is 1.56 bits per heavy atom. The van der Waals surface area contributed by atoms with Gasteiger partial charge < -0.3 is 15.8 Å². The summed E-state index contributed by atoms with van der Waals surface area (Å²) in [4.78, 5) is 11.7. The zero-order chi connectivity index (χ0) is 13.1. The van der Waals surface area contributed by atoms with Crippen molar-refractivity contribution in [2.75, 3.05) is 6.61 Å². The summed E-state index contributed by atoms with van der Waals surface area (Å²) >= 11 is 10.8. The van der Waals surface area contributed by atoms with Crippen LogP contribution in [0.25, 0.3) is 0 Å². The molecule has 0 aromatic heterocycles. The zero-order valence-corrected chi connectivity index (χ0v) is 11.2. The van der Waals surface area contributed by atoms with Crippen LogP contribution in [-0.4, -0.2) is 23.5 Å². The third kappa shape index (κ3) is 3.58. The normalized spacial score (nSPS) is 14.1. The lowest BCUT2D eigenvalue weighted by molar-refractivity contribution is -0.123. The second kappa shape index (κ2) is 5.54. The molecule has 1 aromatic rings. The molecule has 3 N–H and O–H groups in total. The first-order valence-electron chi connectivity index (χ1n) is 5.58. The van der Waals surface area contributed by atoms with Crippen LogP contribution >= 0.6 is 23.8 Å². The van der Waals surface area contributed by atoms with Gasteiger partial charge in [-0.05, 0) is 31.0 Å². The third-order valence-electron chi connectivity index (χ3n) is 2.51. The zero-order valence-electron chi connectivity index (χ0n) is 9.61. The maximum Gasteiger partial charge on any atom is 0.258 e. The van der Waals surface area contributed by atoms with E-state index in [4.69, 9.17) is 34.3 Å². The van der Waals surface area contributed by atoms with Crippen molar-refractivity contribution in [1.29, 1.82) is 0 Å². The number of nitrogens with one attached hydrogen (secondary N) is 1. The number of amides is 1. The number of ether oxygens (including phenoxy) is 1. The van der Waals surface area contributed by atoms with Gasteiger partial charge in [-0.15, -0.1) is 0 Å². The fraction of sp³-hybridized carbons (Fsp3) is 0.333. The monoisotopic (exact) mass is 284 g/mol. The number of thiocarbonyl (C=S) groups is 1. The fourth-order valence-corrected chi connectivity index (χ4v) is 1.79. The molecule has 0 bridgehead atoms. The summed E-state index contributed by atoms with van der Waals surface area (Å²) in [6, 6.07) is 5.27. The van der Waals surface area contributed by atoms with Crippen LogP contribution in [0.15, 0.2) is 18.2 Å². The van der Waals surface area contributed by atoms with Crippen molar-refractivity contribution in [2.45, 2.75) is 18.9 Å². The van der Waals surface area contributed by atoms with E-state index in [1.807, 2.05) is 0 Å². The highest BCUT2D eigenvalue weighted by atomic mass is 35.5. The Morgan fingerprint density at radius 3 is 2.89 bits per heavy atom. The molecule has 18 heavy (non-hydrogen) atoms. The highest BCUT2D eigenvalue weighted by molar-refractivity contribution is 7.80. The number of nitrogens with two attached hydrogens (primary N) is 1. The van der Waals surface area contributed by atoms with Gasteiger partial charge in [0, 0.05) is 11.1 Å². The first-order chi connectivity index (χ1) is 8.56. The lowest BCUT2D eigenvalue weighted by atomic mass is 10.2. The molecule has 1 saturated carbocycles. The van der Waals surface area contributed by atoms with Gasteiger partial charge >= 0.3 is 0 Å². The fourth-order valence-electron chi connectivity index (χ4n) is 1.46. The average molecular weight is 285 g/mol. The van der Waals surface area contributed by atoms with Gasteiger partial charge in [0.05, 0.1) is 5.56 Å². The Hall–Kier alpha value is -1.33. The highest BCUT2D eigenvalue weighted by Gasteiger charge is 2.23. The van der Waals surface area contributed by atoms with Gasteiger partial charge in [0.15, 0.2) is 6.61 Å². The van der Waals surface area contributed by atoms with Gasteiger partial charge in [-0.2, -0.15) is 0 Å². The number of carbonyl (C=O) groups is 1. The summed E-state index contributed by atoms with van der Waals surface area (Å²) in [6.45, 7) is -0.0630. The Morgan fingerprint density at radius 2 is 2.28 bits per heavy atom. The Labute approximate surface area is 115 Å². The molecule has 0 heterocycles. The van der Waals surface area contributed by atoms with Crippen LogP contribution in [0.2, 0.25) is 5.02 Å². The van der Waals surface area contributed by atoms with Crippen LogP contribution in [0.5, 0.6) is 5.75 Å². The SMILES string of the molecule is NC(=S)c1ccc(Cl)cc1OCC(=O)NC1CC1. The second-order valence-electron chi connectivity index (χ2n) is 4.14. The Bertz CT molecular complexity index is 489. The number of hydrogen-bond donors (Lipinski definition) is 2. The molecule has 96 valence electrons. The molecule has 0 unspecified atom stereocenters. The molecule has 6 heteroatoms. The Kier molecular flexibility index (Phi) is 4.04. The maximum absolute atomic E-state index is 11.5. The van der Waals surface area contributed by atoms with E-state index in [2.05, 4.69) is 5.32 Å². The first kappa shape index (κ1) is 13.1. The summed E-state index contributed by atoms with van der Waals surface area (Å²) in [6.07, 6.45) is 2.09. The quantitative estimate of drug-likeness (QED) is 0.807. The predicted molar refractivity (Wildman–Crippen MR) is 74.0 cm³/mol. The van der Waals surface area contributed by atoms with Crippen LogP contribution in [0, 0.1) is 0 Å². The molecular weight excluding hydrogens is 272 g/mol. The van der Waals surface area contributed by atoms with Crippen molar-refractivity contribution in [3.05, 3.63) is 28.8 Å². The van der Waals surface area contributed by atoms with Crippen LogP contribution in [-0.2, 0) is 4.79 Å². The van der Waals surface area contributed by atoms with E-state index in [0.29, 0.717) is 22.4 Å². The summed E-state index contributed by atoms with van der Waals surface area (Å²) in [5, 5.41) is 3.33. The smallest absolute Gasteiger partial charge is 0.258 e. The van der Waals surface area contributed by atoms with E-state index in [-0.39, 0.29) is 17.5 Å². The first-order valence-corrected chi connectivity index (χ1v) is 6.36. The van der Waals surface area contributed by atoms with Crippen molar-refractivity contribution in [3.8, 4) is 5.75 Å². The summed E-state index contributed by atoms with van der Waals surface area (Å²) in [7, 11) is 0. The van der Waals surface area contributed by atoms with Crippen molar-refractivity contribution < 1.29 is 9.53 Å². The molecule has 0 saturated heterocycles. The lowest BCUT2D eigenvalue weighted by Crippen LogP contribution is -2.30. The Balaban J connectivity index is 2.00. The van der Waals surface area contributed by atoms with E-state index < -0.39 is 0 Å². The summed E-state index contributed by atoms with van der Waals surface area (Å²) < 4.78 is 5.41. The maximum atomic E-state index is 11.5. The minimum absolute atomic E-state index is 0.0630. The van der Waals surface area contributed by atoms with Gasteiger partial charge in [-0.3, -0.25) is 4.79 Å². The van der Waals surface area contributed by atoms with Gasteiger partial charge in [0.2, 0.25) is 0 Å². The topological polar surface area (TPSA) is 64.3 Å². The van der Waals surface area contributed by atoms with E-state index >= 15 is 0 Å². The van der Waals surface area contributed by atoms with Crippen molar-refractivity contribution in [2.24, 2.45) is 5.73 Å². The van der Waals surface area contributed by atoms with Crippen molar-refractivity contribution in [3.63, 3.8) is 0 Å². The molecule has 1 fully saturated rings. The molecule has 0 radical (unpaired) electrons. The molecule has 1 amide bonds. The number of benzene rings is 1. The summed E-state index contributed by atoms with van der Waals surface area (Å²) in [5.41, 5.74) is 6.15. The summed E-state index contributed by atoms with van der Waals surface area (Å²) in [5.74, 6) is 0.285. The van der Waals surface area contributed by atoms with Crippen LogP contribution in [0.4, 0.5) is 0 Å². The third-order valence-corrected chi connectivity index (χ3v) is 2.97. The van der Waals surface area contributed by atoms with Crippen LogP contribution in [0.1, 0.15) is 18.4 Å². The number of rotatable bonds is 5. The van der Waals surface area contributed by atoms with Gasteiger partial charge in [0.25, 0.3) is 5.91 Å². The molecule has 0 atom stereocenters. The second-order valence-corrected chi connectivity index (χ2v) is 5.01. The number of hydrogen-bond acceptors (Lipinski definition) is 3. The van der Waals surface area contributed by atoms with Crippen LogP contribution in [0.3, 0.4) is 0 Å². The van der Waals surface area contributed by atoms with Crippen LogP contribution < -0.4 is 15.8 Å². The largest absolute Gasteiger partial charge is 0.483 e. The van der Waals surface area contributed by atoms with E-state index in [1.54, 1.807) is 18.2 Å². The predicted octanol–water partition coefficient (Wildman–Crippen LogP) is 1.63.